The second-order valence-corrected chi connectivity index (χ2v) is 2.74. The molecule has 1 unspecified atom stereocenters. The Bertz CT molecular complexity index is 270. The first kappa shape index (κ1) is 8.94. The fourth-order valence-electron chi connectivity index (χ4n) is 1.21. The van der Waals surface area contributed by atoms with Crippen LogP contribution >= 0.6 is 0 Å². The molecule has 63 valence electrons. The summed E-state index contributed by atoms with van der Waals surface area (Å²) in [5.74, 6) is -0.176. The normalized spacial score (nSPS) is 12.5. The first-order chi connectivity index (χ1) is 5.79. The van der Waals surface area contributed by atoms with E-state index in [0.717, 1.165) is 11.1 Å². The Balaban J connectivity index is 3.04. The molecule has 1 atom stereocenters. The Labute approximate surface area is 72.4 Å². The zero-order valence-electron chi connectivity index (χ0n) is 7.08. The number of rotatable bonds is 3. The Morgan fingerprint density at radius 3 is 2.75 bits per heavy atom. The number of benzene rings is 1. The van der Waals surface area contributed by atoms with Crippen molar-refractivity contribution in [3.05, 3.63) is 35.4 Å². The highest BCUT2D eigenvalue weighted by Crippen LogP contribution is 2.17. The summed E-state index contributed by atoms with van der Waals surface area (Å²) < 4.78 is 0. The predicted molar refractivity (Wildman–Crippen MR) is 48.4 cm³/mol. The van der Waals surface area contributed by atoms with E-state index < -0.39 is 0 Å². The molecule has 0 fully saturated rings. The van der Waals surface area contributed by atoms with Crippen LogP contribution in [-0.2, 0) is 11.3 Å². The lowest BCUT2D eigenvalue weighted by Gasteiger charge is -2.08. The summed E-state index contributed by atoms with van der Waals surface area (Å²) in [5.41, 5.74) is 7.52. The van der Waals surface area contributed by atoms with Gasteiger partial charge in [0, 0.05) is 12.5 Å². The van der Waals surface area contributed by atoms with E-state index in [1.54, 1.807) is 0 Å². The van der Waals surface area contributed by atoms with Gasteiger partial charge in [-0.3, -0.25) is 4.79 Å². The third-order valence-corrected chi connectivity index (χ3v) is 1.92. The van der Waals surface area contributed by atoms with Crippen molar-refractivity contribution >= 4 is 6.29 Å². The fraction of sp³-hybridized carbons (Fsp3) is 0.300. The molecule has 1 rings (SSSR count). The van der Waals surface area contributed by atoms with Crippen LogP contribution in [0.25, 0.3) is 0 Å². The largest absolute Gasteiger partial charge is 0.326 e. The lowest BCUT2D eigenvalue weighted by Crippen LogP contribution is -2.04. The van der Waals surface area contributed by atoms with Gasteiger partial charge in [-0.1, -0.05) is 31.2 Å². The average molecular weight is 162 g/mol. The van der Waals surface area contributed by atoms with Crippen LogP contribution in [-0.4, -0.2) is 6.29 Å². The third kappa shape index (κ3) is 1.71. The van der Waals surface area contributed by atoms with Crippen LogP contribution in [0.4, 0.5) is 0 Å². The second-order valence-electron chi connectivity index (χ2n) is 2.74. The van der Waals surface area contributed by atoms with Gasteiger partial charge < -0.3 is 5.73 Å². The third-order valence-electron chi connectivity index (χ3n) is 1.92. The monoisotopic (exact) mass is 162 g/mol. The van der Waals surface area contributed by atoms with Gasteiger partial charge in [0.25, 0.3) is 0 Å². The molecule has 0 bridgehead atoms. The number of carbonyl (C=O) groups excluding carboxylic acids is 1. The minimum atomic E-state index is -0.176. The molecule has 2 heteroatoms. The van der Waals surface area contributed by atoms with Crippen molar-refractivity contribution in [1.29, 1.82) is 0 Å². The lowest BCUT2D eigenvalue weighted by molar-refractivity contribution is 0.546. The first-order valence-corrected chi connectivity index (χ1v) is 3.95. The van der Waals surface area contributed by atoms with Gasteiger partial charge in [0.05, 0.1) is 0 Å². The molecule has 0 aromatic heterocycles. The van der Waals surface area contributed by atoms with Gasteiger partial charge in [0.1, 0.15) is 0 Å². The van der Waals surface area contributed by atoms with Gasteiger partial charge in [-0.15, -0.1) is 0 Å². The van der Waals surface area contributed by atoms with Gasteiger partial charge >= 0.3 is 0 Å². The van der Waals surface area contributed by atoms with E-state index in [0.29, 0.717) is 6.54 Å². The van der Waals surface area contributed by atoms with Gasteiger partial charge in [0.15, 0.2) is 0 Å². The van der Waals surface area contributed by atoms with E-state index in [4.69, 9.17) is 5.73 Å². The van der Waals surface area contributed by atoms with E-state index in [2.05, 4.69) is 0 Å². The van der Waals surface area contributed by atoms with Gasteiger partial charge in [-0.2, -0.15) is 0 Å². The molecule has 0 heterocycles. The number of hydrogen-bond donors (Lipinski definition) is 1. The van der Waals surface area contributed by atoms with Gasteiger partial charge in [0.2, 0.25) is 6.29 Å². The van der Waals surface area contributed by atoms with Crippen molar-refractivity contribution in [1.82, 2.24) is 0 Å². The van der Waals surface area contributed by atoms with Crippen molar-refractivity contribution in [2.45, 2.75) is 19.4 Å². The Morgan fingerprint density at radius 2 is 2.17 bits per heavy atom. The molecule has 0 amide bonds. The molecule has 0 aliphatic rings. The summed E-state index contributed by atoms with van der Waals surface area (Å²) in [4.78, 5) is 10.4. The van der Waals surface area contributed by atoms with Gasteiger partial charge in [-0.05, 0) is 11.1 Å². The van der Waals surface area contributed by atoms with Crippen LogP contribution in [0.1, 0.15) is 24.0 Å². The lowest BCUT2D eigenvalue weighted by atomic mass is 9.97. The first-order valence-electron chi connectivity index (χ1n) is 3.95. The maximum atomic E-state index is 10.4. The summed E-state index contributed by atoms with van der Waals surface area (Å²) >= 11 is 0. The highest BCUT2D eigenvalue weighted by atomic mass is 16.1. The fourth-order valence-corrected chi connectivity index (χ4v) is 1.21. The minimum absolute atomic E-state index is 0.176. The SMILES string of the molecule is CC([C]=O)c1ccccc1CN. The molecule has 0 saturated heterocycles. The summed E-state index contributed by atoms with van der Waals surface area (Å²) in [5, 5.41) is 0. The van der Waals surface area contributed by atoms with Crippen LogP contribution in [0.2, 0.25) is 0 Å². The molecule has 1 aromatic rings. The van der Waals surface area contributed by atoms with E-state index in [9.17, 15) is 4.79 Å². The molecule has 0 spiro atoms. The van der Waals surface area contributed by atoms with Crippen molar-refractivity contribution in [2.24, 2.45) is 5.73 Å². The molecule has 2 N–H and O–H groups in total. The molecule has 0 saturated carbocycles. The van der Waals surface area contributed by atoms with Crippen molar-refractivity contribution in [3.8, 4) is 0 Å². The Hall–Kier alpha value is -1.15. The molecular formula is C10H12NO. The zero-order valence-corrected chi connectivity index (χ0v) is 7.08. The molecule has 12 heavy (non-hydrogen) atoms. The summed E-state index contributed by atoms with van der Waals surface area (Å²) in [6.07, 6.45) is 1.95. The van der Waals surface area contributed by atoms with Gasteiger partial charge in [-0.25, -0.2) is 0 Å². The zero-order chi connectivity index (χ0) is 8.97. The van der Waals surface area contributed by atoms with E-state index in [1.165, 1.54) is 0 Å². The number of hydrogen-bond acceptors (Lipinski definition) is 2. The highest BCUT2D eigenvalue weighted by molar-refractivity contribution is 5.63. The van der Waals surface area contributed by atoms with Crippen LogP contribution < -0.4 is 5.73 Å². The standard InChI is InChI=1S/C10H12NO/c1-8(7-12)10-5-3-2-4-9(10)6-11/h2-5,8H,6,11H2,1H3. The van der Waals surface area contributed by atoms with E-state index in [1.807, 2.05) is 37.5 Å². The minimum Gasteiger partial charge on any atom is -0.326 e. The molecule has 2 nitrogen and oxygen atoms in total. The smallest absolute Gasteiger partial charge is 0.206 e. The molecule has 1 radical (unpaired) electrons. The quantitative estimate of drug-likeness (QED) is 0.729. The summed E-state index contributed by atoms with van der Waals surface area (Å²) in [7, 11) is 0. The number of nitrogens with two attached hydrogens (primary N) is 1. The summed E-state index contributed by atoms with van der Waals surface area (Å²) in [6, 6.07) is 7.67. The maximum absolute atomic E-state index is 10.4. The second kappa shape index (κ2) is 4.02. The van der Waals surface area contributed by atoms with Crippen LogP contribution in [0.3, 0.4) is 0 Å². The van der Waals surface area contributed by atoms with E-state index >= 15 is 0 Å². The maximum Gasteiger partial charge on any atom is 0.206 e. The van der Waals surface area contributed by atoms with Crippen LogP contribution in [0, 0.1) is 0 Å². The molecule has 0 aliphatic carbocycles. The highest BCUT2D eigenvalue weighted by Gasteiger charge is 2.07. The van der Waals surface area contributed by atoms with Crippen molar-refractivity contribution in [2.75, 3.05) is 0 Å². The molecular weight excluding hydrogens is 150 g/mol. The van der Waals surface area contributed by atoms with Crippen LogP contribution in [0.15, 0.2) is 24.3 Å². The predicted octanol–water partition coefficient (Wildman–Crippen LogP) is 1.36. The molecule has 0 aliphatic heterocycles. The Kier molecular flexibility index (Phi) is 3.00. The topological polar surface area (TPSA) is 43.1 Å². The van der Waals surface area contributed by atoms with Crippen molar-refractivity contribution < 1.29 is 4.79 Å². The summed E-state index contributed by atoms with van der Waals surface area (Å²) in [6.45, 7) is 2.30. The van der Waals surface area contributed by atoms with Crippen LogP contribution in [0.5, 0.6) is 0 Å². The van der Waals surface area contributed by atoms with E-state index in [-0.39, 0.29) is 5.92 Å². The van der Waals surface area contributed by atoms with Crippen molar-refractivity contribution in [3.63, 3.8) is 0 Å². The Morgan fingerprint density at radius 1 is 1.50 bits per heavy atom. The average Bonchev–Trinajstić information content (AvgIpc) is 2.16. The molecule has 1 aromatic carbocycles.